The maximum absolute atomic E-state index is 3.83. The van der Waals surface area contributed by atoms with E-state index in [0.717, 1.165) is 12.5 Å². The SMILES string of the molecule is CCNC(c1ccc(C)c(C)c1)C1(CC(C)C)CCCC1. The van der Waals surface area contributed by atoms with E-state index in [4.69, 9.17) is 0 Å². The molecule has 0 radical (unpaired) electrons. The zero-order chi connectivity index (χ0) is 15.5. The largest absolute Gasteiger partial charge is 0.310 e. The molecular formula is C20H33N. The number of aryl methyl sites for hydroxylation is 2. The molecule has 0 spiro atoms. The first-order valence-electron chi connectivity index (χ1n) is 8.79. The Morgan fingerprint density at radius 2 is 1.76 bits per heavy atom. The Labute approximate surface area is 131 Å². The van der Waals surface area contributed by atoms with E-state index < -0.39 is 0 Å². The number of rotatable bonds is 6. The molecule has 1 aliphatic carbocycles. The highest BCUT2D eigenvalue weighted by atomic mass is 14.9. The summed E-state index contributed by atoms with van der Waals surface area (Å²) in [6, 6.07) is 7.60. The Bertz CT molecular complexity index is 455. The molecule has 0 aromatic heterocycles. The van der Waals surface area contributed by atoms with Gasteiger partial charge in [0.2, 0.25) is 0 Å². The molecule has 1 unspecified atom stereocenters. The highest BCUT2D eigenvalue weighted by Crippen LogP contribution is 2.51. The van der Waals surface area contributed by atoms with Crippen molar-refractivity contribution in [1.29, 1.82) is 0 Å². The smallest absolute Gasteiger partial charge is 0.0377 e. The van der Waals surface area contributed by atoms with E-state index in [2.05, 4.69) is 58.1 Å². The monoisotopic (exact) mass is 287 g/mol. The van der Waals surface area contributed by atoms with Gasteiger partial charge in [0.1, 0.15) is 0 Å². The van der Waals surface area contributed by atoms with Crippen LogP contribution in [-0.2, 0) is 0 Å². The van der Waals surface area contributed by atoms with Crippen LogP contribution >= 0.6 is 0 Å². The van der Waals surface area contributed by atoms with Gasteiger partial charge in [-0.25, -0.2) is 0 Å². The van der Waals surface area contributed by atoms with E-state index in [9.17, 15) is 0 Å². The first-order chi connectivity index (χ1) is 9.98. The predicted octanol–water partition coefficient (Wildman–Crippen LogP) is 5.56. The summed E-state index contributed by atoms with van der Waals surface area (Å²) in [5.74, 6) is 0.774. The zero-order valence-electron chi connectivity index (χ0n) is 14.6. The van der Waals surface area contributed by atoms with E-state index in [-0.39, 0.29) is 0 Å². The molecule has 1 N–H and O–H groups in total. The second kappa shape index (κ2) is 6.96. The second-order valence-electron chi connectivity index (χ2n) is 7.50. The third kappa shape index (κ3) is 3.69. The molecule has 1 aromatic carbocycles. The van der Waals surface area contributed by atoms with Crippen LogP contribution in [0.4, 0.5) is 0 Å². The molecule has 0 heterocycles. The van der Waals surface area contributed by atoms with Crippen LogP contribution in [-0.4, -0.2) is 6.54 Å². The quantitative estimate of drug-likeness (QED) is 0.722. The Kier molecular flexibility index (Phi) is 5.48. The van der Waals surface area contributed by atoms with Gasteiger partial charge in [0.15, 0.2) is 0 Å². The van der Waals surface area contributed by atoms with Crippen LogP contribution in [0.25, 0.3) is 0 Å². The average molecular weight is 287 g/mol. The summed E-state index contributed by atoms with van der Waals surface area (Å²) in [6.45, 7) is 12.5. The summed E-state index contributed by atoms with van der Waals surface area (Å²) < 4.78 is 0. The van der Waals surface area contributed by atoms with E-state index in [1.807, 2.05) is 0 Å². The average Bonchev–Trinajstić information content (AvgIpc) is 2.88. The molecule has 1 saturated carbocycles. The topological polar surface area (TPSA) is 12.0 Å². The number of benzene rings is 1. The fourth-order valence-corrected chi connectivity index (χ4v) is 4.34. The van der Waals surface area contributed by atoms with Crippen LogP contribution in [0.15, 0.2) is 18.2 Å². The van der Waals surface area contributed by atoms with E-state index in [0.29, 0.717) is 11.5 Å². The van der Waals surface area contributed by atoms with Crippen LogP contribution in [0, 0.1) is 25.2 Å². The van der Waals surface area contributed by atoms with Crippen molar-refractivity contribution in [2.45, 2.75) is 72.8 Å². The fourth-order valence-electron chi connectivity index (χ4n) is 4.34. The van der Waals surface area contributed by atoms with Gasteiger partial charge in [-0.1, -0.05) is 51.8 Å². The highest BCUT2D eigenvalue weighted by molar-refractivity contribution is 5.33. The van der Waals surface area contributed by atoms with Gasteiger partial charge in [-0.15, -0.1) is 0 Å². The summed E-state index contributed by atoms with van der Waals surface area (Å²) in [5.41, 5.74) is 4.79. The number of nitrogens with one attached hydrogen (secondary N) is 1. The van der Waals surface area contributed by atoms with Gasteiger partial charge in [0.25, 0.3) is 0 Å². The van der Waals surface area contributed by atoms with Crippen molar-refractivity contribution in [2.24, 2.45) is 11.3 Å². The first kappa shape index (κ1) is 16.5. The first-order valence-corrected chi connectivity index (χ1v) is 8.79. The van der Waals surface area contributed by atoms with Crippen LogP contribution < -0.4 is 5.32 Å². The van der Waals surface area contributed by atoms with Crippen molar-refractivity contribution in [2.75, 3.05) is 6.54 Å². The molecule has 1 fully saturated rings. The molecule has 1 aromatic rings. The Hall–Kier alpha value is -0.820. The molecule has 21 heavy (non-hydrogen) atoms. The highest BCUT2D eigenvalue weighted by Gasteiger charge is 2.41. The lowest BCUT2D eigenvalue weighted by Gasteiger charge is -2.40. The third-order valence-electron chi connectivity index (χ3n) is 5.30. The Morgan fingerprint density at radius 3 is 2.29 bits per heavy atom. The standard InChI is InChI=1S/C20H33N/c1-6-21-19(18-10-9-16(4)17(5)13-18)20(14-15(2)3)11-7-8-12-20/h9-10,13,15,19,21H,6-8,11-12,14H2,1-5H3. The van der Waals surface area contributed by atoms with Gasteiger partial charge in [0.05, 0.1) is 0 Å². The van der Waals surface area contributed by atoms with Gasteiger partial charge in [0, 0.05) is 6.04 Å². The van der Waals surface area contributed by atoms with Crippen molar-refractivity contribution in [3.8, 4) is 0 Å². The molecule has 1 atom stereocenters. The second-order valence-corrected chi connectivity index (χ2v) is 7.50. The van der Waals surface area contributed by atoms with E-state index >= 15 is 0 Å². The van der Waals surface area contributed by atoms with Crippen molar-refractivity contribution >= 4 is 0 Å². The molecule has 1 heteroatoms. The van der Waals surface area contributed by atoms with Crippen molar-refractivity contribution < 1.29 is 0 Å². The summed E-state index contributed by atoms with van der Waals surface area (Å²) >= 11 is 0. The minimum atomic E-state index is 0.464. The van der Waals surface area contributed by atoms with Crippen LogP contribution in [0.5, 0.6) is 0 Å². The summed E-state index contributed by atoms with van der Waals surface area (Å²) in [5, 5.41) is 3.83. The minimum absolute atomic E-state index is 0.464. The summed E-state index contributed by atoms with van der Waals surface area (Å²) in [6.07, 6.45) is 6.92. The van der Waals surface area contributed by atoms with E-state index in [1.54, 1.807) is 0 Å². The summed E-state index contributed by atoms with van der Waals surface area (Å²) in [4.78, 5) is 0. The van der Waals surface area contributed by atoms with Crippen LogP contribution in [0.2, 0.25) is 0 Å². The molecule has 118 valence electrons. The molecule has 2 rings (SSSR count). The predicted molar refractivity (Wildman–Crippen MR) is 92.7 cm³/mol. The number of hydrogen-bond acceptors (Lipinski definition) is 1. The molecule has 0 aliphatic heterocycles. The Morgan fingerprint density at radius 1 is 1.10 bits per heavy atom. The lowest BCUT2D eigenvalue weighted by Crippen LogP contribution is -2.37. The molecule has 0 bridgehead atoms. The normalized spacial score (nSPS) is 19.1. The van der Waals surface area contributed by atoms with Gasteiger partial charge in [-0.3, -0.25) is 0 Å². The fraction of sp³-hybridized carbons (Fsp3) is 0.700. The maximum Gasteiger partial charge on any atom is 0.0377 e. The maximum atomic E-state index is 3.83. The van der Waals surface area contributed by atoms with Crippen molar-refractivity contribution in [1.82, 2.24) is 5.32 Å². The lowest BCUT2D eigenvalue weighted by atomic mass is 9.70. The van der Waals surface area contributed by atoms with Gasteiger partial charge in [-0.2, -0.15) is 0 Å². The molecule has 0 saturated heterocycles. The Balaban J connectivity index is 2.37. The molecule has 0 amide bonds. The van der Waals surface area contributed by atoms with Crippen LogP contribution in [0.1, 0.15) is 75.6 Å². The van der Waals surface area contributed by atoms with Gasteiger partial charge < -0.3 is 5.32 Å². The van der Waals surface area contributed by atoms with Gasteiger partial charge in [-0.05, 0) is 67.7 Å². The summed E-state index contributed by atoms with van der Waals surface area (Å²) in [7, 11) is 0. The van der Waals surface area contributed by atoms with E-state index in [1.165, 1.54) is 48.8 Å². The number of hydrogen-bond donors (Lipinski definition) is 1. The van der Waals surface area contributed by atoms with Crippen LogP contribution in [0.3, 0.4) is 0 Å². The minimum Gasteiger partial charge on any atom is -0.310 e. The third-order valence-corrected chi connectivity index (χ3v) is 5.30. The lowest BCUT2D eigenvalue weighted by molar-refractivity contribution is 0.157. The molecular weight excluding hydrogens is 254 g/mol. The zero-order valence-corrected chi connectivity index (χ0v) is 14.6. The molecule has 1 nitrogen and oxygen atoms in total. The van der Waals surface area contributed by atoms with Gasteiger partial charge >= 0.3 is 0 Å². The van der Waals surface area contributed by atoms with Crippen molar-refractivity contribution in [3.63, 3.8) is 0 Å². The van der Waals surface area contributed by atoms with Crippen molar-refractivity contribution in [3.05, 3.63) is 34.9 Å². The molecule has 1 aliphatic rings.